The Kier molecular flexibility index (Phi) is 4.58. The molecule has 5 nitrogen and oxygen atoms in total. The Hall–Kier alpha value is -1.07. The molecule has 0 saturated heterocycles. The van der Waals surface area contributed by atoms with E-state index in [0.717, 1.165) is 6.42 Å². The van der Waals surface area contributed by atoms with Crippen LogP contribution in [0.3, 0.4) is 0 Å². The summed E-state index contributed by atoms with van der Waals surface area (Å²) in [5.74, 6) is 0.588. The summed E-state index contributed by atoms with van der Waals surface area (Å²) in [5, 5.41) is 13.9. The summed E-state index contributed by atoms with van der Waals surface area (Å²) in [6, 6.07) is 0. The van der Waals surface area contributed by atoms with E-state index in [1.807, 2.05) is 6.92 Å². The molecule has 0 aromatic carbocycles. The molecule has 1 aromatic heterocycles. The highest BCUT2D eigenvalue weighted by molar-refractivity contribution is 5.26. The number of aliphatic hydroxyl groups excluding tert-OH is 1. The minimum Gasteiger partial charge on any atom is -0.493 e. The lowest BCUT2D eigenvalue weighted by Gasteiger charge is -2.12. The van der Waals surface area contributed by atoms with Crippen molar-refractivity contribution in [3.8, 4) is 5.75 Å². The third-order valence-electron chi connectivity index (χ3n) is 2.11. The fourth-order valence-electron chi connectivity index (χ4n) is 1.38. The van der Waals surface area contributed by atoms with Crippen molar-refractivity contribution in [1.82, 2.24) is 9.78 Å². The van der Waals surface area contributed by atoms with Crippen molar-refractivity contribution in [2.45, 2.75) is 19.4 Å². The van der Waals surface area contributed by atoms with Gasteiger partial charge in [-0.25, -0.2) is 0 Å². The largest absolute Gasteiger partial charge is 0.493 e. The highest BCUT2D eigenvalue weighted by Crippen LogP contribution is 2.24. The quantitative estimate of drug-likeness (QED) is 0.714. The van der Waals surface area contributed by atoms with Crippen LogP contribution < -0.4 is 4.74 Å². The zero-order valence-electron chi connectivity index (χ0n) is 9.43. The second kappa shape index (κ2) is 5.72. The fourth-order valence-corrected chi connectivity index (χ4v) is 1.38. The van der Waals surface area contributed by atoms with E-state index < -0.39 is 6.10 Å². The number of hydrogen-bond acceptors (Lipinski definition) is 4. The van der Waals surface area contributed by atoms with Crippen LogP contribution in [0.15, 0.2) is 6.20 Å². The zero-order valence-corrected chi connectivity index (χ0v) is 9.43. The van der Waals surface area contributed by atoms with Crippen LogP contribution in [-0.2, 0) is 11.8 Å². The first-order valence-corrected chi connectivity index (χ1v) is 5.02. The van der Waals surface area contributed by atoms with Crippen LogP contribution in [0.2, 0.25) is 0 Å². The summed E-state index contributed by atoms with van der Waals surface area (Å²) in [4.78, 5) is 0. The maximum Gasteiger partial charge on any atom is 0.162 e. The number of aryl methyl sites for hydroxylation is 1. The van der Waals surface area contributed by atoms with Crippen LogP contribution in [0.1, 0.15) is 25.1 Å². The van der Waals surface area contributed by atoms with E-state index in [2.05, 4.69) is 5.10 Å². The molecule has 0 bridgehead atoms. The Bertz CT molecular complexity index is 299. The Morgan fingerprint density at radius 2 is 2.33 bits per heavy atom. The standard InChI is InChI=1S/C10H18N2O3/c1-4-5-15-7-8(13)10-9(14-3)6-11-12(10)2/h6,8,13H,4-5,7H2,1-3H3. The molecule has 86 valence electrons. The molecular formula is C10H18N2O3. The van der Waals surface area contributed by atoms with Crippen LogP contribution in [-0.4, -0.2) is 35.2 Å². The van der Waals surface area contributed by atoms with E-state index in [0.29, 0.717) is 18.1 Å². The molecule has 1 unspecified atom stereocenters. The fraction of sp³-hybridized carbons (Fsp3) is 0.700. The average Bonchev–Trinajstić information content (AvgIpc) is 2.59. The van der Waals surface area contributed by atoms with Crippen LogP contribution in [0.25, 0.3) is 0 Å². The summed E-state index contributed by atoms with van der Waals surface area (Å²) in [7, 11) is 3.32. The highest BCUT2D eigenvalue weighted by Gasteiger charge is 2.18. The molecule has 0 radical (unpaired) electrons. The van der Waals surface area contributed by atoms with Gasteiger partial charge in [0.25, 0.3) is 0 Å². The maximum absolute atomic E-state index is 9.86. The molecule has 1 aromatic rings. The van der Waals surface area contributed by atoms with Crippen molar-refractivity contribution in [1.29, 1.82) is 0 Å². The van der Waals surface area contributed by atoms with Crippen molar-refractivity contribution in [3.05, 3.63) is 11.9 Å². The smallest absolute Gasteiger partial charge is 0.162 e. The normalized spacial score (nSPS) is 12.8. The topological polar surface area (TPSA) is 56.5 Å². The van der Waals surface area contributed by atoms with E-state index >= 15 is 0 Å². The predicted octanol–water partition coefficient (Wildman–Crippen LogP) is 0.889. The second-order valence-electron chi connectivity index (χ2n) is 3.31. The monoisotopic (exact) mass is 214 g/mol. The van der Waals surface area contributed by atoms with Crippen molar-refractivity contribution in [2.75, 3.05) is 20.3 Å². The van der Waals surface area contributed by atoms with E-state index in [4.69, 9.17) is 9.47 Å². The van der Waals surface area contributed by atoms with Crippen molar-refractivity contribution < 1.29 is 14.6 Å². The molecule has 1 rings (SSSR count). The summed E-state index contributed by atoms with van der Waals surface area (Å²) in [6.07, 6.45) is 1.83. The Morgan fingerprint density at radius 3 is 2.93 bits per heavy atom. The Morgan fingerprint density at radius 1 is 1.60 bits per heavy atom. The number of aromatic nitrogens is 2. The molecule has 0 saturated carbocycles. The van der Waals surface area contributed by atoms with E-state index in [1.165, 1.54) is 0 Å². The minimum atomic E-state index is -0.695. The van der Waals surface area contributed by atoms with Gasteiger partial charge >= 0.3 is 0 Å². The van der Waals surface area contributed by atoms with Gasteiger partial charge in [0.15, 0.2) is 5.75 Å². The molecule has 1 N–H and O–H groups in total. The molecule has 1 atom stereocenters. The molecule has 0 amide bonds. The van der Waals surface area contributed by atoms with Gasteiger partial charge in [0.2, 0.25) is 0 Å². The predicted molar refractivity (Wildman–Crippen MR) is 55.8 cm³/mol. The van der Waals surface area contributed by atoms with Gasteiger partial charge in [0.1, 0.15) is 11.8 Å². The van der Waals surface area contributed by atoms with Crippen LogP contribution in [0, 0.1) is 0 Å². The summed E-state index contributed by atoms with van der Waals surface area (Å²) in [5.41, 5.74) is 0.647. The molecule has 0 fully saturated rings. The molecular weight excluding hydrogens is 196 g/mol. The highest BCUT2D eigenvalue weighted by atomic mass is 16.5. The van der Waals surface area contributed by atoms with Crippen LogP contribution in [0.4, 0.5) is 0 Å². The maximum atomic E-state index is 9.86. The first kappa shape index (κ1) is 12.0. The lowest BCUT2D eigenvalue weighted by Crippen LogP contribution is -2.13. The lowest BCUT2D eigenvalue weighted by molar-refractivity contribution is 0.0311. The van der Waals surface area contributed by atoms with Crippen LogP contribution >= 0.6 is 0 Å². The van der Waals surface area contributed by atoms with Gasteiger partial charge in [0, 0.05) is 13.7 Å². The number of aliphatic hydroxyl groups is 1. The van der Waals surface area contributed by atoms with Crippen LogP contribution in [0.5, 0.6) is 5.75 Å². The summed E-state index contributed by atoms with van der Waals surface area (Å²) >= 11 is 0. The number of methoxy groups -OCH3 is 1. The minimum absolute atomic E-state index is 0.268. The van der Waals surface area contributed by atoms with Gasteiger partial charge in [-0.2, -0.15) is 5.10 Å². The SMILES string of the molecule is CCCOCC(O)c1c(OC)cnn1C. The molecule has 0 aliphatic heterocycles. The molecule has 15 heavy (non-hydrogen) atoms. The summed E-state index contributed by atoms with van der Waals surface area (Å²) < 4.78 is 12.0. The van der Waals surface area contributed by atoms with Crippen molar-refractivity contribution in [3.63, 3.8) is 0 Å². The third kappa shape index (κ3) is 2.94. The van der Waals surface area contributed by atoms with E-state index in [9.17, 15) is 5.11 Å². The Labute approximate surface area is 89.6 Å². The van der Waals surface area contributed by atoms with Gasteiger partial charge in [-0.15, -0.1) is 0 Å². The molecule has 0 aliphatic rings. The van der Waals surface area contributed by atoms with Gasteiger partial charge in [-0.05, 0) is 6.42 Å². The first-order chi connectivity index (χ1) is 7.20. The molecule has 0 aliphatic carbocycles. The third-order valence-corrected chi connectivity index (χ3v) is 2.11. The summed E-state index contributed by atoms with van der Waals surface area (Å²) in [6.45, 7) is 2.94. The number of ether oxygens (including phenoxy) is 2. The number of hydrogen-bond donors (Lipinski definition) is 1. The van der Waals surface area contributed by atoms with E-state index in [-0.39, 0.29) is 6.61 Å². The molecule has 0 spiro atoms. The zero-order chi connectivity index (χ0) is 11.3. The van der Waals surface area contributed by atoms with E-state index in [1.54, 1.807) is 25.0 Å². The van der Waals surface area contributed by atoms with Crippen molar-refractivity contribution >= 4 is 0 Å². The van der Waals surface area contributed by atoms with Gasteiger partial charge in [0.05, 0.1) is 19.9 Å². The molecule has 5 heteroatoms. The average molecular weight is 214 g/mol. The van der Waals surface area contributed by atoms with Gasteiger partial charge in [-0.1, -0.05) is 6.92 Å². The number of rotatable bonds is 6. The van der Waals surface area contributed by atoms with Gasteiger partial charge in [-0.3, -0.25) is 4.68 Å². The number of nitrogens with zero attached hydrogens (tertiary/aromatic N) is 2. The molecule has 1 heterocycles. The lowest BCUT2D eigenvalue weighted by atomic mass is 10.2. The Balaban J connectivity index is 2.63. The first-order valence-electron chi connectivity index (χ1n) is 5.02. The van der Waals surface area contributed by atoms with Crippen molar-refractivity contribution in [2.24, 2.45) is 7.05 Å². The second-order valence-corrected chi connectivity index (χ2v) is 3.31. The van der Waals surface area contributed by atoms with Gasteiger partial charge < -0.3 is 14.6 Å².